The van der Waals surface area contributed by atoms with Gasteiger partial charge >= 0.3 is 0 Å². The Labute approximate surface area is 158 Å². The van der Waals surface area contributed by atoms with E-state index in [-0.39, 0.29) is 22.8 Å². The molecule has 3 aromatic rings. The highest BCUT2D eigenvalue weighted by molar-refractivity contribution is 7.93. The van der Waals surface area contributed by atoms with Crippen molar-refractivity contribution < 1.29 is 13.8 Å². The number of nitrogens with zero attached hydrogens (tertiary/aromatic N) is 1. The third-order valence-electron chi connectivity index (χ3n) is 4.66. The standard InChI is InChI=1S/C22H17NO3S/c1-14-10-12-15(13-11-14)27(2,26)23-19-9-5-8-18-20(19)22(25)17-7-4-3-6-16(17)21(18)24/h3-13H,1-2H3. The molecule has 0 fully saturated rings. The molecule has 0 saturated carbocycles. The second-order valence-corrected chi connectivity index (χ2v) is 8.87. The summed E-state index contributed by atoms with van der Waals surface area (Å²) in [5.74, 6) is -0.478. The lowest BCUT2D eigenvalue weighted by atomic mass is 9.83. The van der Waals surface area contributed by atoms with Gasteiger partial charge in [-0.1, -0.05) is 54.1 Å². The smallest absolute Gasteiger partial charge is 0.196 e. The monoisotopic (exact) mass is 375 g/mol. The minimum Gasteiger partial charge on any atom is -0.289 e. The quantitative estimate of drug-likeness (QED) is 0.516. The van der Waals surface area contributed by atoms with Crippen molar-refractivity contribution in [3.8, 4) is 0 Å². The van der Waals surface area contributed by atoms with Gasteiger partial charge in [0.25, 0.3) is 0 Å². The summed E-state index contributed by atoms with van der Waals surface area (Å²) in [5, 5.41) is 0. The number of benzene rings is 3. The molecule has 1 unspecified atom stereocenters. The van der Waals surface area contributed by atoms with Crippen molar-refractivity contribution in [3.05, 3.63) is 94.5 Å². The van der Waals surface area contributed by atoms with Gasteiger partial charge in [0, 0.05) is 27.8 Å². The van der Waals surface area contributed by atoms with E-state index >= 15 is 0 Å². The summed E-state index contributed by atoms with van der Waals surface area (Å²) in [6, 6.07) is 19.0. The van der Waals surface area contributed by atoms with Crippen LogP contribution in [0.1, 0.15) is 37.4 Å². The fourth-order valence-electron chi connectivity index (χ4n) is 3.23. The molecule has 4 nitrogen and oxygen atoms in total. The van der Waals surface area contributed by atoms with E-state index in [1.807, 2.05) is 19.1 Å². The maximum atomic E-state index is 13.2. The fraction of sp³-hybridized carbons (Fsp3) is 0.0909. The molecule has 3 aromatic carbocycles. The highest BCUT2D eigenvalue weighted by atomic mass is 32.2. The Morgan fingerprint density at radius 1 is 0.741 bits per heavy atom. The minimum atomic E-state index is -2.77. The van der Waals surface area contributed by atoms with Gasteiger partial charge in [-0.25, -0.2) is 4.21 Å². The van der Waals surface area contributed by atoms with Crippen molar-refractivity contribution in [2.24, 2.45) is 4.36 Å². The maximum absolute atomic E-state index is 13.2. The van der Waals surface area contributed by atoms with Crippen molar-refractivity contribution in [3.63, 3.8) is 0 Å². The van der Waals surface area contributed by atoms with Crippen molar-refractivity contribution in [1.29, 1.82) is 0 Å². The number of fused-ring (bicyclic) bond motifs is 2. The topological polar surface area (TPSA) is 63.6 Å². The number of rotatable bonds is 2. The molecule has 134 valence electrons. The van der Waals surface area contributed by atoms with Crippen LogP contribution in [0.4, 0.5) is 5.69 Å². The molecule has 1 atom stereocenters. The Kier molecular flexibility index (Phi) is 4.04. The molecular formula is C22H17NO3S. The zero-order valence-corrected chi connectivity index (χ0v) is 15.7. The molecule has 1 aliphatic carbocycles. The van der Waals surface area contributed by atoms with E-state index in [0.717, 1.165) is 5.56 Å². The van der Waals surface area contributed by atoms with Crippen LogP contribution in [-0.2, 0) is 9.73 Å². The highest BCUT2D eigenvalue weighted by Crippen LogP contribution is 2.34. The van der Waals surface area contributed by atoms with Crippen LogP contribution < -0.4 is 0 Å². The van der Waals surface area contributed by atoms with Crippen LogP contribution >= 0.6 is 0 Å². The summed E-state index contributed by atoms with van der Waals surface area (Å²) in [4.78, 5) is 26.4. The Balaban J connectivity index is 1.92. The third-order valence-corrected chi connectivity index (χ3v) is 6.35. The molecule has 0 aromatic heterocycles. The summed E-state index contributed by atoms with van der Waals surface area (Å²) in [7, 11) is -2.77. The van der Waals surface area contributed by atoms with E-state index in [2.05, 4.69) is 4.36 Å². The molecule has 0 spiro atoms. The van der Waals surface area contributed by atoms with Crippen LogP contribution in [0.5, 0.6) is 0 Å². The van der Waals surface area contributed by atoms with E-state index in [1.165, 1.54) is 0 Å². The zero-order chi connectivity index (χ0) is 19.2. The first-order chi connectivity index (χ1) is 12.9. The Bertz CT molecular complexity index is 1220. The van der Waals surface area contributed by atoms with E-state index < -0.39 is 9.73 Å². The first kappa shape index (κ1) is 17.4. The summed E-state index contributed by atoms with van der Waals surface area (Å²) in [6.45, 7) is 1.95. The number of aryl methyl sites for hydroxylation is 1. The number of ketones is 2. The normalized spacial score (nSPS) is 14.9. The molecule has 0 N–H and O–H groups in total. The Morgan fingerprint density at radius 3 is 2.00 bits per heavy atom. The van der Waals surface area contributed by atoms with Gasteiger partial charge < -0.3 is 0 Å². The second kappa shape index (κ2) is 6.28. The summed E-state index contributed by atoms with van der Waals surface area (Å²) in [5.41, 5.74) is 2.62. The number of hydrogen-bond acceptors (Lipinski definition) is 4. The van der Waals surface area contributed by atoms with Gasteiger partial charge in [-0.2, -0.15) is 4.36 Å². The van der Waals surface area contributed by atoms with Crippen molar-refractivity contribution in [2.45, 2.75) is 11.8 Å². The SMILES string of the molecule is Cc1ccc(S(C)(=O)=Nc2cccc3c2C(=O)c2ccccc2C3=O)cc1. The summed E-state index contributed by atoms with van der Waals surface area (Å²) >= 11 is 0. The van der Waals surface area contributed by atoms with E-state index in [0.29, 0.717) is 21.6 Å². The third kappa shape index (κ3) is 2.90. The molecule has 0 amide bonds. The number of hydrogen-bond donors (Lipinski definition) is 0. The van der Waals surface area contributed by atoms with Gasteiger partial charge in [-0.05, 0) is 25.1 Å². The molecule has 4 rings (SSSR count). The lowest BCUT2D eigenvalue weighted by molar-refractivity contribution is 0.0979. The molecular weight excluding hydrogens is 358 g/mol. The van der Waals surface area contributed by atoms with Crippen LogP contribution in [0.15, 0.2) is 76.0 Å². The van der Waals surface area contributed by atoms with E-state index in [1.54, 1.807) is 60.9 Å². The van der Waals surface area contributed by atoms with Gasteiger partial charge in [0.2, 0.25) is 0 Å². The van der Waals surface area contributed by atoms with Gasteiger partial charge in [0.05, 0.1) is 21.0 Å². The van der Waals surface area contributed by atoms with E-state index in [4.69, 9.17) is 0 Å². The predicted molar refractivity (Wildman–Crippen MR) is 105 cm³/mol. The summed E-state index contributed by atoms with van der Waals surface area (Å²) < 4.78 is 17.6. The molecule has 0 radical (unpaired) electrons. The van der Waals surface area contributed by atoms with Gasteiger partial charge in [-0.15, -0.1) is 0 Å². The van der Waals surface area contributed by atoms with Gasteiger partial charge in [-0.3, -0.25) is 9.59 Å². The van der Waals surface area contributed by atoms with Crippen molar-refractivity contribution >= 4 is 27.0 Å². The Morgan fingerprint density at radius 2 is 1.33 bits per heavy atom. The van der Waals surface area contributed by atoms with Crippen molar-refractivity contribution in [1.82, 2.24) is 0 Å². The van der Waals surface area contributed by atoms with Crippen LogP contribution in [0.2, 0.25) is 0 Å². The second-order valence-electron chi connectivity index (χ2n) is 6.61. The highest BCUT2D eigenvalue weighted by Gasteiger charge is 2.31. The van der Waals surface area contributed by atoms with Crippen LogP contribution in [-0.4, -0.2) is 22.0 Å². The first-order valence-corrected chi connectivity index (χ1v) is 10.4. The minimum absolute atomic E-state index is 0.213. The average molecular weight is 375 g/mol. The number of carbonyl (C=O) groups is 2. The van der Waals surface area contributed by atoms with Crippen LogP contribution in [0, 0.1) is 6.92 Å². The van der Waals surface area contributed by atoms with Crippen molar-refractivity contribution in [2.75, 3.05) is 6.26 Å². The molecule has 0 heterocycles. The van der Waals surface area contributed by atoms with Gasteiger partial charge in [0.15, 0.2) is 11.6 Å². The largest absolute Gasteiger partial charge is 0.289 e. The van der Waals surface area contributed by atoms with Crippen LogP contribution in [0.3, 0.4) is 0 Å². The molecule has 0 bridgehead atoms. The molecule has 1 aliphatic rings. The maximum Gasteiger partial charge on any atom is 0.196 e. The average Bonchev–Trinajstić information content (AvgIpc) is 2.66. The first-order valence-electron chi connectivity index (χ1n) is 8.49. The summed E-state index contributed by atoms with van der Waals surface area (Å²) in [6.07, 6.45) is 1.54. The van der Waals surface area contributed by atoms with Gasteiger partial charge in [0.1, 0.15) is 0 Å². The number of carbonyl (C=O) groups excluding carboxylic acids is 2. The fourth-order valence-corrected chi connectivity index (χ4v) is 4.51. The lowest BCUT2D eigenvalue weighted by Gasteiger charge is -2.18. The zero-order valence-electron chi connectivity index (χ0n) is 14.9. The van der Waals surface area contributed by atoms with E-state index in [9.17, 15) is 13.8 Å². The molecule has 27 heavy (non-hydrogen) atoms. The Hall–Kier alpha value is -3.05. The molecule has 0 aliphatic heterocycles. The van der Waals surface area contributed by atoms with Crippen LogP contribution in [0.25, 0.3) is 0 Å². The lowest BCUT2D eigenvalue weighted by Crippen LogP contribution is -2.20. The molecule has 5 heteroatoms. The molecule has 0 saturated heterocycles. The predicted octanol–water partition coefficient (Wildman–Crippen LogP) is 4.56.